The van der Waals surface area contributed by atoms with Crippen molar-refractivity contribution >= 4 is 23.2 Å². The normalized spacial score (nSPS) is 28.3. The molecule has 0 radical (unpaired) electrons. The van der Waals surface area contributed by atoms with Gasteiger partial charge in [-0.05, 0) is 37.8 Å². The standard InChI is InChI=1S/C14H18Cl2N2/c15-12-7-14(16)17-8-11(12)9-18-6-5-10-3-1-2-4-13(10)18/h7-8,10,13H,1-6,9H2. The molecule has 4 heteroatoms. The zero-order valence-electron chi connectivity index (χ0n) is 10.4. The van der Waals surface area contributed by atoms with Crippen LogP contribution in [0.1, 0.15) is 37.7 Å². The number of halogens is 2. The molecule has 2 unspecified atom stereocenters. The van der Waals surface area contributed by atoms with Gasteiger partial charge in [0, 0.05) is 29.4 Å². The number of rotatable bonds is 2. The third kappa shape index (κ3) is 2.52. The summed E-state index contributed by atoms with van der Waals surface area (Å²) in [5, 5.41) is 1.22. The quantitative estimate of drug-likeness (QED) is 0.759. The molecule has 1 saturated carbocycles. The SMILES string of the molecule is Clc1cc(Cl)c(CN2CCC3CCCCC32)cn1. The minimum Gasteiger partial charge on any atom is -0.296 e. The number of aromatic nitrogens is 1. The Morgan fingerprint density at radius 2 is 2.06 bits per heavy atom. The molecule has 98 valence electrons. The van der Waals surface area contributed by atoms with Gasteiger partial charge in [-0.15, -0.1) is 0 Å². The summed E-state index contributed by atoms with van der Waals surface area (Å²) < 4.78 is 0. The van der Waals surface area contributed by atoms with Crippen molar-refractivity contribution < 1.29 is 0 Å². The molecule has 1 aromatic rings. The molecular weight excluding hydrogens is 267 g/mol. The predicted octanol–water partition coefficient (Wildman–Crippen LogP) is 4.15. The molecule has 2 nitrogen and oxygen atoms in total. The number of nitrogens with zero attached hydrogens (tertiary/aromatic N) is 2. The summed E-state index contributed by atoms with van der Waals surface area (Å²) in [7, 11) is 0. The van der Waals surface area contributed by atoms with Crippen LogP contribution < -0.4 is 0 Å². The summed E-state index contributed by atoms with van der Waals surface area (Å²) >= 11 is 12.1. The van der Waals surface area contributed by atoms with Crippen molar-refractivity contribution in [1.29, 1.82) is 0 Å². The lowest BCUT2D eigenvalue weighted by Crippen LogP contribution is -2.34. The summed E-state index contributed by atoms with van der Waals surface area (Å²) in [5.74, 6) is 0.915. The lowest BCUT2D eigenvalue weighted by Gasteiger charge is -2.31. The van der Waals surface area contributed by atoms with E-state index in [4.69, 9.17) is 23.2 Å². The van der Waals surface area contributed by atoms with Gasteiger partial charge in [-0.25, -0.2) is 4.98 Å². The zero-order chi connectivity index (χ0) is 12.5. The van der Waals surface area contributed by atoms with Crippen LogP contribution in [-0.4, -0.2) is 22.5 Å². The van der Waals surface area contributed by atoms with Crippen LogP contribution >= 0.6 is 23.2 Å². The summed E-state index contributed by atoms with van der Waals surface area (Å²) in [4.78, 5) is 6.72. The minimum absolute atomic E-state index is 0.473. The number of pyridine rings is 1. The van der Waals surface area contributed by atoms with Gasteiger partial charge in [0.05, 0.1) is 0 Å². The molecule has 2 aliphatic rings. The first kappa shape index (κ1) is 12.7. The fourth-order valence-corrected chi connectivity index (χ4v) is 3.90. The Morgan fingerprint density at radius 1 is 1.22 bits per heavy atom. The number of hydrogen-bond acceptors (Lipinski definition) is 2. The fourth-order valence-electron chi connectivity index (χ4n) is 3.47. The average Bonchev–Trinajstić information content (AvgIpc) is 2.76. The minimum atomic E-state index is 0.473. The average molecular weight is 285 g/mol. The molecular formula is C14H18Cl2N2. The van der Waals surface area contributed by atoms with E-state index in [1.54, 1.807) is 6.07 Å². The van der Waals surface area contributed by atoms with Crippen LogP contribution in [0.4, 0.5) is 0 Å². The summed E-state index contributed by atoms with van der Waals surface area (Å²) in [5.41, 5.74) is 1.10. The first-order chi connectivity index (χ1) is 8.74. The van der Waals surface area contributed by atoms with Crippen LogP contribution in [-0.2, 0) is 6.54 Å². The maximum absolute atomic E-state index is 6.23. The summed E-state index contributed by atoms with van der Waals surface area (Å²) in [6.45, 7) is 2.12. The van der Waals surface area contributed by atoms with E-state index in [1.165, 1.54) is 38.6 Å². The third-order valence-corrected chi connectivity index (χ3v) is 4.95. The second kappa shape index (κ2) is 5.36. The zero-order valence-corrected chi connectivity index (χ0v) is 11.9. The van der Waals surface area contributed by atoms with Gasteiger partial charge in [0.2, 0.25) is 0 Å². The maximum Gasteiger partial charge on any atom is 0.130 e. The van der Waals surface area contributed by atoms with E-state index in [-0.39, 0.29) is 0 Å². The van der Waals surface area contributed by atoms with Gasteiger partial charge in [0.25, 0.3) is 0 Å². The molecule has 2 fully saturated rings. The highest BCUT2D eigenvalue weighted by Gasteiger charge is 2.35. The summed E-state index contributed by atoms with van der Waals surface area (Å²) in [6, 6.07) is 2.51. The Labute approximate surface area is 118 Å². The van der Waals surface area contributed by atoms with Crippen LogP contribution in [0.15, 0.2) is 12.3 Å². The number of fused-ring (bicyclic) bond motifs is 1. The van der Waals surface area contributed by atoms with E-state index in [1.807, 2.05) is 6.20 Å². The first-order valence-electron chi connectivity index (χ1n) is 6.78. The molecule has 0 bridgehead atoms. The Morgan fingerprint density at radius 3 is 2.89 bits per heavy atom. The van der Waals surface area contributed by atoms with Crippen molar-refractivity contribution in [2.24, 2.45) is 5.92 Å². The van der Waals surface area contributed by atoms with Crippen molar-refractivity contribution in [3.8, 4) is 0 Å². The summed E-state index contributed by atoms with van der Waals surface area (Å²) in [6.07, 6.45) is 8.73. The highest BCUT2D eigenvalue weighted by molar-refractivity contribution is 6.34. The van der Waals surface area contributed by atoms with E-state index < -0.39 is 0 Å². The van der Waals surface area contributed by atoms with Crippen molar-refractivity contribution in [2.75, 3.05) is 6.54 Å². The molecule has 18 heavy (non-hydrogen) atoms. The van der Waals surface area contributed by atoms with Crippen LogP contribution in [0.2, 0.25) is 10.2 Å². The largest absolute Gasteiger partial charge is 0.296 e. The van der Waals surface area contributed by atoms with Crippen molar-refractivity contribution in [3.63, 3.8) is 0 Å². The maximum atomic E-state index is 6.23. The molecule has 1 saturated heterocycles. The Balaban J connectivity index is 1.72. The third-order valence-electron chi connectivity index (χ3n) is 4.39. The predicted molar refractivity (Wildman–Crippen MR) is 75.0 cm³/mol. The topological polar surface area (TPSA) is 16.1 Å². The molecule has 0 N–H and O–H groups in total. The second-order valence-corrected chi connectivity index (χ2v) is 6.26. The van der Waals surface area contributed by atoms with Gasteiger partial charge in [0.1, 0.15) is 5.15 Å². The van der Waals surface area contributed by atoms with E-state index >= 15 is 0 Å². The molecule has 0 amide bonds. The number of likely N-dealkylation sites (tertiary alicyclic amines) is 1. The van der Waals surface area contributed by atoms with Crippen LogP contribution in [0.5, 0.6) is 0 Å². The van der Waals surface area contributed by atoms with Crippen molar-refractivity contribution in [2.45, 2.75) is 44.7 Å². The van der Waals surface area contributed by atoms with Gasteiger partial charge in [-0.3, -0.25) is 4.90 Å². The Bertz CT molecular complexity index is 436. The smallest absolute Gasteiger partial charge is 0.130 e. The molecule has 3 rings (SSSR count). The van der Waals surface area contributed by atoms with Gasteiger partial charge < -0.3 is 0 Å². The molecule has 0 spiro atoms. The molecule has 1 aliphatic carbocycles. The van der Waals surface area contributed by atoms with Crippen LogP contribution in [0.3, 0.4) is 0 Å². The Kier molecular flexibility index (Phi) is 3.78. The lowest BCUT2D eigenvalue weighted by atomic mass is 9.85. The highest BCUT2D eigenvalue weighted by atomic mass is 35.5. The van der Waals surface area contributed by atoms with E-state index in [2.05, 4.69) is 9.88 Å². The number of hydrogen-bond donors (Lipinski definition) is 0. The van der Waals surface area contributed by atoms with Gasteiger partial charge in [-0.2, -0.15) is 0 Å². The second-order valence-electron chi connectivity index (χ2n) is 5.47. The molecule has 2 atom stereocenters. The molecule has 2 heterocycles. The molecule has 1 aliphatic heterocycles. The Hall–Kier alpha value is -0.310. The van der Waals surface area contributed by atoms with E-state index in [9.17, 15) is 0 Å². The first-order valence-corrected chi connectivity index (χ1v) is 7.53. The molecule has 1 aromatic heterocycles. The van der Waals surface area contributed by atoms with Crippen LogP contribution in [0, 0.1) is 5.92 Å². The van der Waals surface area contributed by atoms with Gasteiger partial charge in [-0.1, -0.05) is 36.0 Å². The monoisotopic (exact) mass is 284 g/mol. The van der Waals surface area contributed by atoms with E-state index in [0.717, 1.165) is 29.1 Å². The highest BCUT2D eigenvalue weighted by Crippen LogP contribution is 2.37. The van der Waals surface area contributed by atoms with Gasteiger partial charge in [0.15, 0.2) is 0 Å². The molecule has 0 aromatic carbocycles. The fraction of sp³-hybridized carbons (Fsp3) is 0.643. The van der Waals surface area contributed by atoms with Crippen molar-refractivity contribution in [3.05, 3.63) is 28.0 Å². The van der Waals surface area contributed by atoms with Crippen molar-refractivity contribution in [1.82, 2.24) is 9.88 Å². The van der Waals surface area contributed by atoms with E-state index in [0.29, 0.717) is 5.15 Å². The van der Waals surface area contributed by atoms with Gasteiger partial charge >= 0.3 is 0 Å². The lowest BCUT2D eigenvalue weighted by molar-refractivity contribution is 0.176. The van der Waals surface area contributed by atoms with Crippen LogP contribution in [0.25, 0.3) is 0 Å².